The molecule has 6 heteroatoms. The minimum Gasteiger partial charge on any atom is -0.361 e. The molecule has 0 spiro atoms. The number of carbonyl (C=O) groups is 1. The second-order valence-corrected chi connectivity index (χ2v) is 7.41. The van der Waals surface area contributed by atoms with E-state index in [2.05, 4.69) is 25.9 Å². The summed E-state index contributed by atoms with van der Waals surface area (Å²) in [6.07, 6.45) is 7.81. The fourth-order valence-corrected chi connectivity index (χ4v) is 3.87. The molecule has 0 saturated heterocycles. The lowest BCUT2D eigenvalue weighted by atomic mass is 10.1. The number of H-pyrrole nitrogens is 1. The molecule has 0 radical (unpaired) electrons. The molecule has 2 N–H and O–H groups in total. The zero-order chi connectivity index (χ0) is 21.8. The van der Waals surface area contributed by atoms with Crippen molar-refractivity contribution >= 4 is 22.9 Å². The van der Waals surface area contributed by atoms with E-state index in [0.717, 1.165) is 39.1 Å². The van der Waals surface area contributed by atoms with Crippen molar-refractivity contribution in [2.75, 3.05) is 6.54 Å². The average molecular weight is 409 g/mol. The minimum atomic E-state index is -0.367. The largest absolute Gasteiger partial charge is 0.361 e. The SMILES string of the molecule is Cc1cc(/C=C(/C#N)C(=O)NCCc2c[nH]c3ccccc23)c(C)n1-c1cccnc1. The molecule has 0 saturated carbocycles. The Balaban J connectivity index is 1.48. The summed E-state index contributed by atoms with van der Waals surface area (Å²) in [5.74, 6) is -0.367. The first-order valence-electron chi connectivity index (χ1n) is 10.1. The van der Waals surface area contributed by atoms with E-state index in [1.165, 1.54) is 0 Å². The summed E-state index contributed by atoms with van der Waals surface area (Å²) in [7, 11) is 0. The average Bonchev–Trinajstić information content (AvgIpc) is 3.32. The van der Waals surface area contributed by atoms with Crippen LogP contribution in [-0.2, 0) is 11.2 Å². The Kier molecular flexibility index (Phi) is 5.67. The van der Waals surface area contributed by atoms with Crippen LogP contribution in [0.1, 0.15) is 22.5 Å². The van der Waals surface area contributed by atoms with E-state index in [-0.39, 0.29) is 11.5 Å². The van der Waals surface area contributed by atoms with Crippen LogP contribution in [0.3, 0.4) is 0 Å². The molecule has 3 aromatic heterocycles. The summed E-state index contributed by atoms with van der Waals surface area (Å²) in [6, 6.07) is 15.9. The molecule has 6 nitrogen and oxygen atoms in total. The van der Waals surface area contributed by atoms with Crippen molar-refractivity contribution < 1.29 is 4.79 Å². The zero-order valence-corrected chi connectivity index (χ0v) is 17.5. The number of hydrogen-bond acceptors (Lipinski definition) is 3. The first-order valence-corrected chi connectivity index (χ1v) is 10.1. The van der Waals surface area contributed by atoms with Crippen LogP contribution in [0, 0.1) is 25.2 Å². The van der Waals surface area contributed by atoms with Gasteiger partial charge in [-0.3, -0.25) is 9.78 Å². The van der Waals surface area contributed by atoms with Crippen LogP contribution < -0.4 is 5.32 Å². The number of aromatic amines is 1. The molecule has 0 unspecified atom stereocenters. The van der Waals surface area contributed by atoms with E-state index >= 15 is 0 Å². The molecule has 0 aliphatic heterocycles. The number of aromatic nitrogens is 3. The molecule has 0 fully saturated rings. The molecule has 0 atom stereocenters. The van der Waals surface area contributed by atoms with Gasteiger partial charge in [-0.05, 0) is 61.7 Å². The summed E-state index contributed by atoms with van der Waals surface area (Å²) in [5.41, 5.74) is 6.04. The van der Waals surface area contributed by atoms with Crippen molar-refractivity contribution in [3.63, 3.8) is 0 Å². The maximum absolute atomic E-state index is 12.6. The molecule has 3 heterocycles. The highest BCUT2D eigenvalue weighted by molar-refractivity contribution is 6.01. The van der Waals surface area contributed by atoms with Crippen LogP contribution in [0.5, 0.6) is 0 Å². The first kappa shape index (κ1) is 20.2. The Morgan fingerprint density at radius 2 is 2.10 bits per heavy atom. The van der Waals surface area contributed by atoms with Gasteiger partial charge >= 0.3 is 0 Å². The van der Waals surface area contributed by atoms with Gasteiger partial charge in [-0.1, -0.05) is 18.2 Å². The number of nitriles is 1. The summed E-state index contributed by atoms with van der Waals surface area (Å²) < 4.78 is 2.06. The number of carbonyl (C=O) groups excluding carboxylic acids is 1. The number of hydrogen-bond donors (Lipinski definition) is 2. The maximum atomic E-state index is 12.6. The number of fused-ring (bicyclic) bond motifs is 1. The number of para-hydroxylation sites is 1. The number of benzene rings is 1. The summed E-state index contributed by atoms with van der Waals surface area (Å²) in [6.45, 7) is 4.41. The van der Waals surface area contributed by atoms with Crippen LogP contribution in [-0.4, -0.2) is 27.0 Å². The molecule has 31 heavy (non-hydrogen) atoms. The number of aryl methyl sites for hydroxylation is 1. The number of nitrogens with zero attached hydrogens (tertiary/aromatic N) is 3. The third-order valence-corrected chi connectivity index (χ3v) is 5.39. The van der Waals surface area contributed by atoms with E-state index in [9.17, 15) is 10.1 Å². The van der Waals surface area contributed by atoms with Crippen molar-refractivity contribution in [3.8, 4) is 11.8 Å². The Morgan fingerprint density at radius 1 is 1.26 bits per heavy atom. The van der Waals surface area contributed by atoms with E-state index in [4.69, 9.17) is 0 Å². The van der Waals surface area contributed by atoms with Gasteiger partial charge in [0.25, 0.3) is 5.91 Å². The van der Waals surface area contributed by atoms with Crippen LogP contribution >= 0.6 is 0 Å². The lowest BCUT2D eigenvalue weighted by Crippen LogP contribution is -2.26. The predicted molar refractivity (Wildman–Crippen MR) is 122 cm³/mol. The lowest BCUT2D eigenvalue weighted by molar-refractivity contribution is -0.117. The molecule has 0 aliphatic carbocycles. The summed E-state index contributed by atoms with van der Waals surface area (Å²) in [5, 5.41) is 13.6. The van der Waals surface area contributed by atoms with Crippen LogP contribution in [0.25, 0.3) is 22.7 Å². The van der Waals surface area contributed by atoms with E-state index < -0.39 is 0 Å². The van der Waals surface area contributed by atoms with Crippen LogP contribution in [0.15, 0.2) is 66.6 Å². The predicted octanol–water partition coefficient (Wildman–Crippen LogP) is 4.24. The quantitative estimate of drug-likeness (QED) is 0.369. The van der Waals surface area contributed by atoms with Crippen LogP contribution in [0.2, 0.25) is 0 Å². The fraction of sp³-hybridized carbons (Fsp3) is 0.160. The van der Waals surface area contributed by atoms with Gasteiger partial charge < -0.3 is 14.9 Å². The molecule has 0 aliphatic rings. The van der Waals surface area contributed by atoms with Crippen molar-refractivity contribution in [1.82, 2.24) is 19.9 Å². The van der Waals surface area contributed by atoms with E-state index in [0.29, 0.717) is 13.0 Å². The molecular formula is C25H23N5O. The van der Waals surface area contributed by atoms with Crippen molar-refractivity contribution in [2.24, 2.45) is 0 Å². The van der Waals surface area contributed by atoms with Crippen LogP contribution in [0.4, 0.5) is 0 Å². The Labute approximate surface area is 180 Å². The maximum Gasteiger partial charge on any atom is 0.261 e. The highest BCUT2D eigenvalue weighted by atomic mass is 16.1. The number of rotatable bonds is 6. The number of pyridine rings is 1. The Hall–Kier alpha value is -4.11. The van der Waals surface area contributed by atoms with E-state index in [1.54, 1.807) is 18.5 Å². The summed E-state index contributed by atoms with van der Waals surface area (Å²) in [4.78, 5) is 20.0. The molecule has 0 bridgehead atoms. The Bertz CT molecular complexity index is 1300. The fourth-order valence-electron chi connectivity index (χ4n) is 3.87. The molecule has 1 aromatic carbocycles. The highest BCUT2D eigenvalue weighted by Gasteiger charge is 2.14. The normalized spacial score (nSPS) is 11.5. The molecule has 4 rings (SSSR count). The molecule has 154 valence electrons. The van der Waals surface area contributed by atoms with E-state index in [1.807, 2.05) is 62.5 Å². The standard InChI is InChI=1S/C25H23N5O/c1-17-12-20(18(2)30(17)22-6-5-10-27-16-22)13-21(14-26)25(31)28-11-9-19-15-29-24-8-4-3-7-23(19)24/h3-8,10,12-13,15-16,29H,9,11H2,1-2H3,(H,28,31)/b21-13-. The monoisotopic (exact) mass is 409 g/mol. The third-order valence-electron chi connectivity index (χ3n) is 5.39. The van der Waals surface area contributed by atoms with Gasteiger partial charge in [0.05, 0.1) is 11.9 Å². The van der Waals surface area contributed by atoms with Crippen molar-refractivity contribution in [1.29, 1.82) is 5.26 Å². The smallest absolute Gasteiger partial charge is 0.261 e. The zero-order valence-electron chi connectivity index (χ0n) is 17.5. The molecule has 1 amide bonds. The van der Waals surface area contributed by atoms with Crippen molar-refractivity contribution in [3.05, 3.63) is 89.1 Å². The van der Waals surface area contributed by atoms with Gasteiger partial charge in [0.1, 0.15) is 11.6 Å². The number of amides is 1. The first-order chi connectivity index (χ1) is 15.1. The molecule has 4 aromatic rings. The highest BCUT2D eigenvalue weighted by Crippen LogP contribution is 2.22. The van der Waals surface area contributed by atoms with Gasteiger partial charge in [-0.2, -0.15) is 5.26 Å². The lowest BCUT2D eigenvalue weighted by Gasteiger charge is -2.08. The van der Waals surface area contributed by atoms with Gasteiger partial charge in [-0.25, -0.2) is 0 Å². The Morgan fingerprint density at radius 3 is 2.87 bits per heavy atom. The molecular weight excluding hydrogens is 386 g/mol. The van der Waals surface area contributed by atoms with Gasteiger partial charge in [0.15, 0.2) is 0 Å². The number of nitrogens with one attached hydrogen (secondary N) is 2. The topological polar surface area (TPSA) is 86.5 Å². The van der Waals surface area contributed by atoms with Gasteiger partial charge in [0.2, 0.25) is 0 Å². The summed E-state index contributed by atoms with van der Waals surface area (Å²) >= 11 is 0. The second-order valence-electron chi connectivity index (χ2n) is 7.41. The minimum absolute atomic E-state index is 0.0883. The van der Waals surface area contributed by atoms with Gasteiger partial charge in [0, 0.05) is 41.2 Å². The van der Waals surface area contributed by atoms with Crippen molar-refractivity contribution in [2.45, 2.75) is 20.3 Å². The third kappa shape index (κ3) is 4.12. The second kappa shape index (κ2) is 8.72. The van der Waals surface area contributed by atoms with Gasteiger partial charge in [-0.15, -0.1) is 0 Å².